The maximum atomic E-state index is 12.8. The molecule has 0 aliphatic carbocycles. The monoisotopic (exact) mass is 350 g/mol. The van der Waals surface area contributed by atoms with Crippen molar-refractivity contribution in [2.75, 3.05) is 18.5 Å². The molecule has 7 nitrogen and oxygen atoms in total. The van der Waals surface area contributed by atoms with Crippen LogP contribution in [0.5, 0.6) is 0 Å². The number of anilines is 1. The molecule has 0 saturated heterocycles. The number of imidazole rings is 1. The van der Waals surface area contributed by atoms with Crippen molar-refractivity contribution >= 4 is 28.5 Å². The molecule has 3 aromatic rings. The topological polar surface area (TPSA) is 98.1 Å². The number of aromatic amines is 2. The van der Waals surface area contributed by atoms with Gasteiger partial charge in [0, 0.05) is 24.8 Å². The number of benzene rings is 2. The lowest BCUT2D eigenvalue weighted by Crippen LogP contribution is -2.30. The van der Waals surface area contributed by atoms with Crippen molar-refractivity contribution in [2.24, 2.45) is 0 Å². The molecule has 0 saturated carbocycles. The zero-order valence-corrected chi connectivity index (χ0v) is 14.3. The van der Waals surface area contributed by atoms with Crippen molar-refractivity contribution in [3.8, 4) is 0 Å². The maximum Gasteiger partial charge on any atom is 0.323 e. The Morgan fingerprint density at radius 1 is 1.15 bits per heavy atom. The van der Waals surface area contributed by atoms with E-state index in [1.807, 2.05) is 18.2 Å². The molecule has 3 N–H and O–H groups in total. The summed E-state index contributed by atoms with van der Waals surface area (Å²) in [6, 6.07) is 10.9. The van der Waals surface area contributed by atoms with Crippen LogP contribution in [0.2, 0.25) is 0 Å². The minimum Gasteiger partial charge on any atom is -0.355 e. The molecule has 1 aromatic heterocycles. The van der Waals surface area contributed by atoms with Gasteiger partial charge in [-0.3, -0.25) is 9.59 Å². The lowest BCUT2D eigenvalue weighted by atomic mass is 10.0. The summed E-state index contributed by atoms with van der Waals surface area (Å²) in [6.45, 7) is 0.561. The molecule has 4 rings (SSSR count). The average Bonchev–Trinajstić information content (AvgIpc) is 3.22. The van der Waals surface area contributed by atoms with Gasteiger partial charge in [0.05, 0.1) is 17.5 Å². The number of fused-ring (bicyclic) bond motifs is 2. The van der Waals surface area contributed by atoms with Gasteiger partial charge in [0.15, 0.2) is 0 Å². The molecule has 0 unspecified atom stereocenters. The van der Waals surface area contributed by atoms with Gasteiger partial charge in [-0.15, -0.1) is 0 Å². The molecule has 1 aliphatic heterocycles. The summed E-state index contributed by atoms with van der Waals surface area (Å²) in [5, 5.41) is 2.64. The Morgan fingerprint density at radius 2 is 1.96 bits per heavy atom. The molecule has 1 aliphatic rings. The highest BCUT2D eigenvalue weighted by Gasteiger charge is 2.27. The van der Waals surface area contributed by atoms with Gasteiger partial charge >= 0.3 is 5.69 Å². The van der Waals surface area contributed by atoms with Crippen LogP contribution in [0.1, 0.15) is 21.5 Å². The second-order valence-corrected chi connectivity index (χ2v) is 6.31. The summed E-state index contributed by atoms with van der Waals surface area (Å²) in [5.74, 6) is -0.173. The van der Waals surface area contributed by atoms with E-state index < -0.39 is 0 Å². The lowest BCUT2D eigenvalue weighted by Gasteiger charge is -2.18. The van der Waals surface area contributed by atoms with Crippen LogP contribution in [-0.4, -0.2) is 35.4 Å². The molecular weight excluding hydrogens is 332 g/mol. The Morgan fingerprint density at radius 3 is 2.77 bits per heavy atom. The predicted octanol–water partition coefficient (Wildman–Crippen LogP) is 1.35. The fraction of sp³-hybridized carbons (Fsp3) is 0.211. The van der Waals surface area contributed by atoms with Gasteiger partial charge in [-0.25, -0.2) is 4.79 Å². The second kappa shape index (κ2) is 6.18. The summed E-state index contributed by atoms with van der Waals surface area (Å²) < 4.78 is 0. The van der Waals surface area contributed by atoms with E-state index in [0.29, 0.717) is 29.6 Å². The van der Waals surface area contributed by atoms with Crippen LogP contribution in [0.4, 0.5) is 5.69 Å². The van der Waals surface area contributed by atoms with Crippen LogP contribution in [-0.2, 0) is 17.6 Å². The highest BCUT2D eigenvalue weighted by Crippen LogP contribution is 2.31. The number of rotatable bonds is 3. The van der Waals surface area contributed by atoms with E-state index in [-0.39, 0.29) is 23.9 Å². The largest absolute Gasteiger partial charge is 0.355 e. The van der Waals surface area contributed by atoms with Gasteiger partial charge in [0.1, 0.15) is 0 Å². The highest BCUT2D eigenvalue weighted by atomic mass is 16.2. The molecule has 132 valence electrons. The quantitative estimate of drug-likeness (QED) is 0.665. The number of nitrogens with one attached hydrogen (secondary N) is 3. The fourth-order valence-electron chi connectivity index (χ4n) is 3.50. The van der Waals surface area contributed by atoms with Crippen molar-refractivity contribution in [2.45, 2.75) is 12.8 Å². The number of carbonyl (C=O) groups is 2. The number of amides is 2. The number of aromatic nitrogens is 2. The molecule has 2 heterocycles. The molecule has 0 radical (unpaired) electrons. The number of carbonyl (C=O) groups excluding carboxylic acids is 2. The standard InChI is InChI=1S/C19H18N4O3/c1-20-18(25)13-3-2-4-16-12(13)7-8-23(16)17(24)10-11-5-6-14-15(9-11)22-19(26)21-14/h2-6,9H,7-8,10H2,1H3,(H,20,25)(H2,21,22,26). The van der Waals surface area contributed by atoms with E-state index in [1.54, 1.807) is 30.1 Å². The molecule has 0 bridgehead atoms. The maximum absolute atomic E-state index is 12.8. The van der Waals surface area contributed by atoms with Crippen LogP contribution in [0.15, 0.2) is 41.2 Å². The first kappa shape index (κ1) is 16.1. The molecular formula is C19H18N4O3. The van der Waals surface area contributed by atoms with Crippen molar-refractivity contribution < 1.29 is 9.59 Å². The van der Waals surface area contributed by atoms with E-state index >= 15 is 0 Å². The van der Waals surface area contributed by atoms with Crippen molar-refractivity contribution in [1.29, 1.82) is 0 Å². The molecule has 2 aromatic carbocycles. The molecule has 2 amide bonds. The van der Waals surface area contributed by atoms with Crippen LogP contribution in [0.3, 0.4) is 0 Å². The van der Waals surface area contributed by atoms with Crippen molar-refractivity contribution in [3.05, 3.63) is 63.6 Å². The zero-order chi connectivity index (χ0) is 18.3. The minimum atomic E-state index is -0.265. The Hall–Kier alpha value is -3.35. The third-order valence-electron chi connectivity index (χ3n) is 4.74. The lowest BCUT2D eigenvalue weighted by molar-refractivity contribution is -0.117. The van der Waals surface area contributed by atoms with E-state index in [9.17, 15) is 14.4 Å². The van der Waals surface area contributed by atoms with Crippen LogP contribution in [0.25, 0.3) is 11.0 Å². The number of hydrogen-bond acceptors (Lipinski definition) is 3. The van der Waals surface area contributed by atoms with Gasteiger partial charge in [-0.1, -0.05) is 12.1 Å². The average molecular weight is 350 g/mol. The SMILES string of the molecule is CNC(=O)c1cccc2c1CCN2C(=O)Cc1ccc2[nH]c(=O)[nH]c2c1. The molecule has 0 fully saturated rings. The fourth-order valence-corrected chi connectivity index (χ4v) is 3.50. The molecule has 26 heavy (non-hydrogen) atoms. The Bertz CT molecular complexity index is 1080. The first-order chi connectivity index (χ1) is 12.6. The molecule has 0 atom stereocenters. The van der Waals surface area contributed by atoms with Gasteiger partial charge in [0.2, 0.25) is 5.91 Å². The van der Waals surface area contributed by atoms with Gasteiger partial charge in [-0.05, 0) is 41.8 Å². The number of nitrogens with zero attached hydrogens (tertiary/aromatic N) is 1. The third-order valence-corrected chi connectivity index (χ3v) is 4.74. The smallest absolute Gasteiger partial charge is 0.323 e. The Labute approximate surface area is 149 Å². The first-order valence-electron chi connectivity index (χ1n) is 8.42. The summed E-state index contributed by atoms with van der Waals surface area (Å²) in [4.78, 5) is 43.3. The zero-order valence-electron chi connectivity index (χ0n) is 14.3. The third kappa shape index (κ3) is 2.67. The predicted molar refractivity (Wildman–Crippen MR) is 98.5 cm³/mol. The Balaban J connectivity index is 1.60. The summed E-state index contributed by atoms with van der Waals surface area (Å²) in [6.07, 6.45) is 0.891. The molecule has 0 spiro atoms. The summed E-state index contributed by atoms with van der Waals surface area (Å²) in [7, 11) is 1.60. The van der Waals surface area contributed by atoms with Gasteiger partial charge in [-0.2, -0.15) is 0 Å². The van der Waals surface area contributed by atoms with Crippen LogP contribution < -0.4 is 15.9 Å². The van der Waals surface area contributed by atoms with Crippen LogP contribution >= 0.6 is 0 Å². The minimum absolute atomic E-state index is 0.0324. The van der Waals surface area contributed by atoms with Crippen molar-refractivity contribution in [3.63, 3.8) is 0 Å². The number of H-pyrrole nitrogens is 2. The normalized spacial score (nSPS) is 13.0. The van der Waals surface area contributed by atoms with E-state index in [4.69, 9.17) is 0 Å². The summed E-state index contributed by atoms with van der Waals surface area (Å²) >= 11 is 0. The summed E-state index contributed by atoms with van der Waals surface area (Å²) in [5.41, 5.74) is 4.29. The first-order valence-corrected chi connectivity index (χ1v) is 8.42. The van der Waals surface area contributed by atoms with Crippen molar-refractivity contribution in [1.82, 2.24) is 15.3 Å². The number of hydrogen-bond donors (Lipinski definition) is 3. The van der Waals surface area contributed by atoms with Gasteiger partial charge in [0.25, 0.3) is 5.91 Å². The highest BCUT2D eigenvalue weighted by molar-refractivity contribution is 6.02. The Kier molecular flexibility index (Phi) is 3.84. The van der Waals surface area contributed by atoms with Crippen LogP contribution in [0, 0.1) is 0 Å². The molecule has 7 heteroatoms. The van der Waals surface area contributed by atoms with E-state index in [1.165, 1.54) is 0 Å². The van der Waals surface area contributed by atoms with E-state index in [0.717, 1.165) is 16.8 Å². The van der Waals surface area contributed by atoms with E-state index in [2.05, 4.69) is 15.3 Å². The second-order valence-electron chi connectivity index (χ2n) is 6.31. The van der Waals surface area contributed by atoms with Gasteiger partial charge < -0.3 is 20.2 Å².